The van der Waals surface area contributed by atoms with Crippen LogP contribution in [-0.4, -0.2) is 41.9 Å². The molecule has 0 aliphatic carbocycles. The number of halogens is 5. The summed E-state index contributed by atoms with van der Waals surface area (Å²) < 4.78 is 72.8. The summed E-state index contributed by atoms with van der Waals surface area (Å²) in [4.78, 5) is 9.91. The number of rotatable bonds is 6. The van der Waals surface area contributed by atoms with Crippen molar-refractivity contribution in [1.29, 1.82) is 0 Å². The maximum absolute atomic E-state index is 12.6. The Morgan fingerprint density at radius 1 is 1.11 bits per heavy atom. The van der Waals surface area contributed by atoms with Crippen molar-refractivity contribution in [3.63, 3.8) is 0 Å². The van der Waals surface area contributed by atoms with Gasteiger partial charge >= 0.3 is 12.8 Å². The summed E-state index contributed by atoms with van der Waals surface area (Å²) in [5, 5.41) is 0. The van der Waals surface area contributed by atoms with Gasteiger partial charge in [-0.3, -0.25) is 0 Å². The third kappa shape index (κ3) is 5.03. The second kappa shape index (κ2) is 8.03. The highest BCUT2D eigenvalue weighted by molar-refractivity contribution is 5.35. The van der Waals surface area contributed by atoms with E-state index in [4.69, 9.17) is 4.74 Å². The van der Waals surface area contributed by atoms with Gasteiger partial charge in [0.1, 0.15) is 11.9 Å². The Kier molecular flexibility index (Phi) is 5.73. The van der Waals surface area contributed by atoms with Crippen LogP contribution >= 0.6 is 0 Å². The van der Waals surface area contributed by atoms with E-state index in [2.05, 4.69) is 14.7 Å². The first-order valence-corrected chi connectivity index (χ1v) is 8.10. The molecule has 0 saturated carbocycles. The van der Waals surface area contributed by atoms with Gasteiger partial charge in [-0.05, 0) is 30.3 Å². The summed E-state index contributed by atoms with van der Waals surface area (Å²) in [6.45, 7) is -2.86. The molecule has 2 heterocycles. The molecule has 2 atom stereocenters. The van der Waals surface area contributed by atoms with Crippen molar-refractivity contribution in [2.24, 2.45) is 0 Å². The topological polar surface area (TPSA) is 47.5 Å². The fourth-order valence-electron chi connectivity index (χ4n) is 2.90. The largest absolute Gasteiger partial charge is 0.489 e. The second-order valence-corrected chi connectivity index (χ2v) is 5.95. The lowest BCUT2D eigenvalue weighted by atomic mass is 10.2. The van der Waals surface area contributed by atoms with Crippen LogP contribution in [0.25, 0.3) is 0 Å². The highest BCUT2D eigenvalue weighted by atomic mass is 19.4. The van der Waals surface area contributed by atoms with Crippen molar-refractivity contribution in [3.8, 4) is 5.75 Å². The number of benzene rings is 1. The lowest BCUT2D eigenvalue weighted by Crippen LogP contribution is -2.35. The normalized spacial score (nSPS) is 20.3. The van der Waals surface area contributed by atoms with Gasteiger partial charge < -0.3 is 14.4 Å². The maximum atomic E-state index is 12.6. The number of nitrogens with zero attached hydrogens (tertiary/aromatic N) is 3. The number of hydrogen-bond acceptors (Lipinski definition) is 5. The van der Waals surface area contributed by atoms with E-state index >= 15 is 0 Å². The summed E-state index contributed by atoms with van der Waals surface area (Å²) in [5.74, 6) is 0.608. The molecule has 10 heteroatoms. The van der Waals surface area contributed by atoms with Crippen molar-refractivity contribution < 1.29 is 31.4 Å². The van der Waals surface area contributed by atoms with Gasteiger partial charge in [0.25, 0.3) is 0 Å². The van der Waals surface area contributed by atoms with Gasteiger partial charge in [0, 0.05) is 18.8 Å². The zero-order valence-electron chi connectivity index (χ0n) is 13.9. The zero-order chi connectivity index (χ0) is 19.4. The van der Waals surface area contributed by atoms with Crippen LogP contribution in [0.2, 0.25) is 0 Å². The Bertz CT molecular complexity index is 728. The quantitative estimate of drug-likeness (QED) is 0.704. The number of ether oxygens (including phenoxy) is 2. The zero-order valence-corrected chi connectivity index (χ0v) is 13.9. The highest BCUT2D eigenvalue weighted by Gasteiger charge is 2.36. The molecule has 1 aliphatic heterocycles. The van der Waals surface area contributed by atoms with Crippen LogP contribution in [0.3, 0.4) is 0 Å². The average molecular weight is 389 g/mol. The van der Waals surface area contributed by atoms with E-state index in [0.717, 1.165) is 12.1 Å². The van der Waals surface area contributed by atoms with E-state index < -0.39 is 30.5 Å². The van der Waals surface area contributed by atoms with Crippen molar-refractivity contribution in [3.05, 3.63) is 48.3 Å². The van der Waals surface area contributed by atoms with Crippen LogP contribution in [0.15, 0.2) is 42.7 Å². The van der Waals surface area contributed by atoms with Crippen molar-refractivity contribution in [2.45, 2.75) is 31.4 Å². The Labute approximate surface area is 151 Å². The molecule has 0 bridgehead atoms. The Hall–Kier alpha value is -2.49. The first-order chi connectivity index (χ1) is 12.8. The smallest absolute Gasteiger partial charge is 0.416 e. The average Bonchev–Trinajstić information content (AvgIpc) is 3.03. The van der Waals surface area contributed by atoms with E-state index in [1.165, 1.54) is 24.5 Å². The van der Waals surface area contributed by atoms with Gasteiger partial charge in [-0.2, -0.15) is 22.0 Å². The standard InChI is InChI=1S/C17H16F5N3O2/c18-15(19)26-10-12-8-14(9-25(12)16-23-6-1-7-24-16)27-13-4-2-11(3-5-13)17(20,21)22/h1-7,12,14-15H,8-10H2/t12-,14-/m0/s1. The lowest BCUT2D eigenvalue weighted by Gasteiger charge is -2.23. The summed E-state index contributed by atoms with van der Waals surface area (Å²) >= 11 is 0. The molecular weight excluding hydrogens is 373 g/mol. The molecule has 0 N–H and O–H groups in total. The van der Waals surface area contributed by atoms with Crippen LogP contribution in [0.4, 0.5) is 27.9 Å². The molecule has 0 amide bonds. The second-order valence-electron chi connectivity index (χ2n) is 5.95. The fourth-order valence-corrected chi connectivity index (χ4v) is 2.90. The highest BCUT2D eigenvalue weighted by Crippen LogP contribution is 2.31. The summed E-state index contributed by atoms with van der Waals surface area (Å²) in [6.07, 6.45) is -1.47. The molecule has 1 fully saturated rings. The van der Waals surface area contributed by atoms with Gasteiger partial charge in [0.15, 0.2) is 0 Å². The SMILES string of the molecule is FC(F)OC[C@@H]1C[C@H](Oc2ccc(C(F)(F)F)cc2)CN1c1ncccn1. The molecule has 2 aromatic rings. The lowest BCUT2D eigenvalue weighted by molar-refractivity contribution is -0.137. The van der Waals surface area contributed by atoms with E-state index in [0.29, 0.717) is 18.9 Å². The molecule has 3 rings (SSSR count). The van der Waals surface area contributed by atoms with E-state index in [1.54, 1.807) is 11.0 Å². The molecule has 1 saturated heterocycles. The number of anilines is 1. The number of aromatic nitrogens is 2. The Balaban J connectivity index is 1.69. The van der Waals surface area contributed by atoms with E-state index in [1.807, 2.05) is 0 Å². The minimum atomic E-state index is -4.43. The van der Waals surface area contributed by atoms with Crippen LogP contribution in [0.5, 0.6) is 5.75 Å². The monoisotopic (exact) mass is 389 g/mol. The molecule has 1 aromatic heterocycles. The van der Waals surface area contributed by atoms with E-state index in [-0.39, 0.29) is 12.4 Å². The molecule has 0 unspecified atom stereocenters. The minimum Gasteiger partial charge on any atom is -0.489 e. The molecular formula is C17H16F5N3O2. The third-order valence-corrected chi connectivity index (χ3v) is 4.08. The molecule has 0 spiro atoms. The van der Waals surface area contributed by atoms with Gasteiger partial charge in [-0.1, -0.05) is 0 Å². The number of hydrogen-bond donors (Lipinski definition) is 0. The Morgan fingerprint density at radius 3 is 2.37 bits per heavy atom. The molecule has 5 nitrogen and oxygen atoms in total. The molecule has 1 aliphatic rings. The summed E-state index contributed by atoms with van der Waals surface area (Å²) in [7, 11) is 0. The van der Waals surface area contributed by atoms with Crippen molar-refractivity contribution in [2.75, 3.05) is 18.1 Å². The van der Waals surface area contributed by atoms with Gasteiger partial charge in [0.2, 0.25) is 5.95 Å². The number of alkyl halides is 5. The first kappa shape index (κ1) is 19.3. The van der Waals surface area contributed by atoms with E-state index in [9.17, 15) is 22.0 Å². The Morgan fingerprint density at radius 2 is 1.78 bits per heavy atom. The first-order valence-electron chi connectivity index (χ1n) is 8.10. The van der Waals surface area contributed by atoms with Crippen molar-refractivity contribution >= 4 is 5.95 Å². The van der Waals surface area contributed by atoms with Crippen LogP contribution in [0, 0.1) is 0 Å². The van der Waals surface area contributed by atoms with Crippen LogP contribution in [-0.2, 0) is 10.9 Å². The maximum Gasteiger partial charge on any atom is 0.416 e. The predicted molar refractivity (Wildman–Crippen MR) is 85.6 cm³/mol. The van der Waals surface area contributed by atoms with Crippen LogP contribution in [0.1, 0.15) is 12.0 Å². The van der Waals surface area contributed by atoms with Gasteiger partial charge in [-0.25, -0.2) is 9.97 Å². The minimum absolute atomic E-state index is 0.247. The molecule has 27 heavy (non-hydrogen) atoms. The summed E-state index contributed by atoms with van der Waals surface area (Å²) in [5.41, 5.74) is -0.774. The molecule has 146 valence electrons. The van der Waals surface area contributed by atoms with Gasteiger partial charge in [-0.15, -0.1) is 0 Å². The molecule has 0 radical (unpaired) electrons. The third-order valence-electron chi connectivity index (χ3n) is 4.08. The van der Waals surface area contributed by atoms with Crippen molar-refractivity contribution in [1.82, 2.24) is 9.97 Å². The predicted octanol–water partition coefficient (Wildman–Crippen LogP) is 3.76. The van der Waals surface area contributed by atoms with Gasteiger partial charge in [0.05, 0.1) is 24.8 Å². The van der Waals surface area contributed by atoms with Crippen LogP contribution < -0.4 is 9.64 Å². The fraction of sp³-hybridized carbons (Fsp3) is 0.412. The summed E-state index contributed by atoms with van der Waals surface area (Å²) in [6, 6.07) is 5.51. The molecule has 1 aromatic carbocycles.